The highest BCUT2D eigenvalue weighted by Crippen LogP contribution is 2.17. The molecule has 2 aromatic rings. The molecule has 0 fully saturated rings. The van der Waals surface area contributed by atoms with Crippen LogP contribution < -0.4 is 11.1 Å². The summed E-state index contributed by atoms with van der Waals surface area (Å²) in [6, 6.07) is 12.9. The van der Waals surface area contributed by atoms with Crippen LogP contribution in [0.5, 0.6) is 0 Å². The minimum atomic E-state index is -0.176. The molecule has 0 saturated heterocycles. The van der Waals surface area contributed by atoms with Gasteiger partial charge in [0.1, 0.15) is 0 Å². The van der Waals surface area contributed by atoms with Crippen LogP contribution in [0.4, 0.5) is 5.69 Å². The topological polar surface area (TPSA) is 55.1 Å². The van der Waals surface area contributed by atoms with Gasteiger partial charge in [-0.1, -0.05) is 42.8 Å². The van der Waals surface area contributed by atoms with E-state index in [-0.39, 0.29) is 5.91 Å². The Bertz CT molecular complexity index is 605. The van der Waals surface area contributed by atoms with E-state index in [4.69, 9.17) is 17.3 Å². The molecule has 0 aromatic heterocycles. The second-order valence-corrected chi connectivity index (χ2v) is 5.01. The SMILES string of the molecule is CCc1ccccc1CNC(=O)c1cc(N)cc(Cl)c1. The fraction of sp³-hybridized carbons (Fsp3) is 0.188. The van der Waals surface area contributed by atoms with Gasteiger partial charge in [0.05, 0.1) is 0 Å². The number of carbonyl (C=O) groups excluding carboxylic acids is 1. The number of rotatable bonds is 4. The molecule has 0 heterocycles. The highest BCUT2D eigenvalue weighted by molar-refractivity contribution is 6.31. The number of benzene rings is 2. The maximum absolute atomic E-state index is 12.1. The molecule has 0 aliphatic heterocycles. The van der Waals surface area contributed by atoms with Crippen molar-refractivity contribution in [2.45, 2.75) is 19.9 Å². The lowest BCUT2D eigenvalue weighted by Gasteiger charge is -2.10. The summed E-state index contributed by atoms with van der Waals surface area (Å²) in [5.41, 5.74) is 9.00. The molecule has 0 aliphatic carbocycles. The summed E-state index contributed by atoms with van der Waals surface area (Å²) >= 11 is 5.90. The molecular formula is C16H17ClN2O. The lowest BCUT2D eigenvalue weighted by molar-refractivity contribution is 0.0951. The molecule has 4 heteroatoms. The zero-order valence-corrected chi connectivity index (χ0v) is 12.1. The molecule has 0 aliphatic rings. The summed E-state index contributed by atoms with van der Waals surface area (Å²) in [6.45, 7) is 2.59. The van der Waals surface area contributed by atoms with Gasteiger partial charge in [-0.15, -0.1) is 0 Å². The highest BCUT2D eigenvalue weighted by Gasteiger charge is 2.08. The number of halogens is 1. The number of hydrogen-bond donors (Lipinski definition) is 2. The molecule has 0 saturated carbocycles. The van der Waals surface area contributed by atoms with Crippen LogP contribution in [0.25, 0.3) is 0 Å². The molecule has 0 atom stereocenters. The van der Waals surface area contributed by atoms with Crippen LogP contribution in [0, 0.1) is 0 Å². The lowest BCUT2D eigenvalue weighted by atomic mass is 10.1. The number of amides is 1. The molecule has 104 valence electrons. The van der Waals surface area contributed by atoms with Crippen molar-refractivity contribution < 1.29 is 4.79 Å². The van der Waals surface area contributed by atoms with Crippen LogP contribution in [0.3, 0.4) is 0 Å². The van der Waals surface area contributed by atoms with Crippen LogP contribution in [-0.2, 0) is 13.0 Å². The predicted molar refractivity (Wildman–Crippen MR) is 82.9 cm³/mol. The van der Waals surface area contributed by atoms with E-state index in [2.05, 4.69) is 18.3 Å². The Kier molecular flexibility index (Phi) is 4.64. The third-order valence-corrected chi connectivity index (χ3v) is 3.34. The molecule has 3 N–H and O–H groups in total. The second-order valence-electron chi connectivity index (χ2n) is 4.58. The van der Waals surface area contributed by atoms with Crippen molar-refractivity contribution >= 4 is 23.2 Å². The molecule has 0 spiro atoms. The minimum Gasteiger partial charge on any atom is -0.399 e. The van der Waals surface area contributed by atoms with E-state index in [1.807, 2.05) is 18.2 Å². The van der Waals surface area contributed by atoms with E-state index < -0.39 is 0 Å². The number of aryl methyl sites for hydroxylation is 1. The van der Waals surface area contributed by atoms with Gasteiger partial charge < -0.3 is 11.1 Å². The molecule has 1 amide bonds. The van der Waals surface area contributed by atoms with E-state index in [1.165, 1.54) is 5.56 Å². The maximum atomic E-state index is 12.1. The van der Waals surface area contributed by atoms with Crippen molar-refractivity contribution in [3.05, 3.63) is 64.2 Å². The number of nitrogens with one attached hydrogen (secondary N) is 1. The Morgan fingerprint density at radius 2 is 1.90 bits per heavy atom. The first-order chi connectivity index (χ1) is 9.60. The Hall–Kier alpha value is -2.00. The van der Waals surface area contributed by atoms with Gasteiger partial charge >= 0.3 is 0 Å². The third kappa shape index (κ3) is 3.52. The molecule has 2 rings (SSSR count). The number of carbonyl (C=O) groups is 1. The van der Waals surface area contributed by atoms with E-state index in [1.54, 1.807) is 18.2 Å². The average Bonchev–Trinajstić information content (AvgIpc) is 2.44. The number of anilines is 1. The molecule has 3 nitrogen and oxygen atoms in total. The zero-order chi connectivity index (χ0) is 14.5. The first-order valence-electron chi connectivity index (χ1n) is 6.51. The van der Waals surface area contributed by atoms with E-state index >= 15 is 0 Å². The summed E-state index contributed by atoms with van der Waals surface area (Å²) in [6.07, 6.45) is 0.941. The Morgan fingerprint density at radius 1 is 1.20 bits per heavy atom. The first-order valence-corrected chi connectivity index (χ1v) is 6.89. The molecule has 20 heavy (non-hydrogen) atoms. The largest absolute Gasteiger partial charge is 0.399 e. The Morgan fingerprint density at radius 3 is 2.55 bits per heavy atom. The van der Waals surface area contributed by atoms with Gasteiger partial charge in [-0.25, -0.2) is 0 Å². The summed E-state index contributed by atoms with van der Waals surface area (Å²) in [5.74, 6) is -0.176. The van der Waals surface area contributed by atoms with Gasteiger partial charge in [0.15, 0.2) is 0 Å². The van der Waals surface area contributed by atoms with Gasteiger partial charge in [-0.2, -0.15) is 0 Å². The van der Waals surface area contributed by atoms with Gasteiger partial charge in [0.2, 0.25) is 0 Å². The molecule has 0 bridgehead atoms. The van der Waals surface area contributed by atoms with Gasteiger partial charge in [0.25, 0.3) is 5.91 Å². The van der Waals surface area contributed by atoms with Crippen LogP contribution in [-0.4, -0.2) is 5.91 Å². The maximum Gasteiger partial charge on any atom is 0.251 e. The molecule has 0 unspecified atom stereocenters. The smallest absolute Gasteiger partial charge is 0.251 e. The number of nitrogen functional groups attached to an aromatic ring is 1. The monoisotopic (exact) mass is 288 g/mol. The summed E-state index contributed by atoms with van der Waals surface area (Å²) < 4.78 is 0. The summed E-state index contributed by atoms with van der Waals surface area (Å²) in [5, 5.41) is 3.35. The number of hydrogen-bond acceptors (Lipinski definition) is 2. The van der Waals surface area contributed by atoms with Crippen molar-refractivity contribution in [2.75, 3.05) is 5.73 Å². The Balaban J connectivity index is 2.08. The molecule has 0 radical (unpaired) electrons. The second kappa shape index (κ2) is 6.44. The van der Waals surface area contributed by atoms with Crippen LogP contribution >= 0.6 is 11.6 Å². The fourth-order valence-electron chi connectivity index (χ4n) is 2.10. The predicted octanol–water partition coefficient (Wildman–Crippen LogP) is 3.41. The van der Waals surface area contributed by atoms with Gasteiger partial charge in [0, 0.05) is 22.8 Å². The van der Waals surface area contributed by atoms with Crippen LogP contribution in [0.2, 0.25) is 5.02 Å². The van der Waals surface area contributed by atoms with Crippen molar-refractivity contribution in [3.8, 4) is 0 Å². The molecule has 2 aromatic carbocycles. The van der Waals surface area contributed by atoms with Gasteiger partial charge in [-0.3, -0.25) is 4.79 Å². The Labute approximate surface area is 123 Å². The first kappa shape index (κ1) is 14.4. The van der Waals surface area contributed by atoms with Crippen LogP contribution in [0.1, 0.15) is 28.4 Å². The van der Waals surface area contributed by atoms with Crippen molar-refractivity contribution in [2.24, 2.45) is 0 Å². The quantitative estimate of drug-likeness (QED) is 0.847. The zero-order valence-electron chi connectivity index (χ0n) is 11.3. The standard InChI is InChI=1S/C16H17ClN2O/c1-2-11-5-3-4-6-12(11)10-19-16(20)13-7-14(17)9-15(18)8-13/h3-9H,2,10,18H2,1H3,(H,19,20). The third-order valence-electron chi connectivity index (χ3n) is 3.12. The fourth-order valence-corrected chi connectivity index (χ4v) is 2.34. The van der Waals surface area contributed by atoms with Crippen molar-refractivity contribution in [1.29, 1.82) is 0 Å². The molecular weight excluding hydrogens is 272 g/mol. The van der Waals surface area contributed by atoms with Gasteiger partial charge in [-0.05, 0) is 35.7 Å². The summed E-state index contributed by atoms with van der Waals surface area (Å²) in [4.78, 5) is 12.1. The van der Waals surface area contributed by atoms with Crippen LogP contribution in [0.15, 0.2) is 42.5 Å². The average molecular weight is 289 g/mol. The van der Waals surface area contributed by atoms with E-state index in [9.17, 15) is 4.79 Å². The minimum absolute atomic E-state index is 0.176. The number of nitrogens with two attached hydrogens (primary N) is 1. The highest BCUT2D eigenvalue weighted by atomic mass is 35.5. The lowest BCUT2D eigenvalue weighted by Crippen LogP contribution is -2.23. The normalized spacial score (nSPS) is 10.3. The van der Waals surface area contributed by atoms with Crippen molar-refractivity contribution in [3.63, 3.8) is 0 Å². The van der Waals surface area contributed by atoms with Crippen molar-refractivity contribution in [1.82, 2.24) is 5.32 Å². The van der Waals surface area contributed by atoms with E-state index in [0.29, 0.717) is 22.8 Å². The van der Waals surface area contributed by atoms with E-state index in [0.717, 1.165) is 12.0 Å². The summed E-state index contributed by atoms with van der Waals surface area (Å²) in [7, 11) is 0.